The summed E-state index contributed by atoms with van der Waals surface area (Å²) in [6.45, 7) is 5.20. The molecule has 3 N–H and O–H groups in total. The van der Waals surface area contributed by atoms with E-state index in [0.29, 0.717) is 54.5 Å². The van der Waals surface area contributed by atoms with Gasteiger partial charge in [0.05, 0.1) is 30.6 Å². The van der Waals surface area contributed by atoms with Crippen LogP contribution in [0.5, 0.6) is 0 Å². The maximum atomic E-state index is 14.9. The van der Waals surface area contributed by atoms with Crippen LogP contribution in [0.2, 0.25) is 0 Å². The first-order valence-corrected chi connectivity index (χ1v) is 17.1. The molecule has 4 amide bonds. The number of benzene rings is 2. The van der Waals surface area contributed by atoms with E-state index in [9.17, 15) is 19.2 Å². The minimum Gasteiger partial charge on any atom is -0.408 e. The summed E-state index contributed by atoms with van der Waals surface area (Å²) in [6, 6.07) is 13.7. The van der Waals surface area contributed by atoms with E-state index in [2.05, 4.69) is 15.6 Å². The highest BCUT2D eigenvalue weighted by atomic mass is 16.4. The quantitative estimate of drug-likeness (QED) is 0.339. The number of rotatable bonds is 7. The van der Waals surface area contributed by atoms with Crippen LogP contribution in [0.25, 0.3) is 11.1 Å². The number of H-pyrrole nitrogens is 1. The molecule has 0 saturated carbocycles. The van der Waals surface area contributed by atoms with E-state index in [4.69, 9.17) is 4.42 Å². The molecular formula is C35H45N6O5+. The molecule has 1 unspecified atom stereocenters. The normalized spacial score (nSPS) is 21.5. The van der Waals surface area contributed by atoms with Crippen molar-refractivity contribution in [3.63, 3.8) is 0 Å². The summed E-state index contributed by atoms with van der Waals surface area (Å²) >= 11 is 0. The number of fused-ring (bicyclic) bond motifs is 2. The van der Waals surface area contributed by atoms with Gasteiger partial charge >= 0.3 is 17.7 Å². The van der Waals surface area contributed by atoms with Crippen molar-refractivity contribution in [2.24, 2.45) is 5.92 Å². The number of nitrogens with zero attached hydrogens (tertiary/aromatic N) is 3. The number of hydrogen-bond donors (Lipinski definition) is 3. The van der Waals surface area contributed by atoms with Crippen molar-refractivity contribution in [2.75, 3.05) is 44.6 Å². The van der Waals surface area contributed by atoms with Crippen molar-refractivity contribution in [2.45, 2.75) is 76.4 Å². The zero-order valence-corrected chi connectivity index (χ0v) is 26.5. The van der Waals surface area contributed by atoms with Crippen molar-refractivity contribution >= 4 is 34.6 Å². The third-order valence-electron chi connectivity index (χ3n) is 10.9. The van der Waals surface area contributed by atoms with Crippen LogP contribution >= 0.6 is 0 Å². The molecule has 0 radical (unpaired) electrons. The lowest BCUT2D eigenvalue weighted by atomic mass is 9.88. The Morgan fingerprint density at radius 2 is 1.72 bits per heavy atom. The van der Waals surface area contributed by atoms with E-state index >= 15 is 0 Å². The Hall–Kier alpha value is -3.96. The second-order valence-electron chi connectivity index (χ2n) is 13.6. The molecule has 5 heterocycles. The Labute approximate surface area is 268 Å². The SMILES string of the molecule is O=C(CC(Cc1ccc2[nH]c(=O)oc2c1)C(=O)[N+]1(C2CCNCC2)CCCCC1)N1CCC(N2Cc3ccccc3NC2=O)CC1. The lowest BCUT2D eigenvalue weighted by Crippen LogP contribution is -2.65. The van der Waals surface area contributed by atoms with Crippen LogP contribution in [0.15, 0.2) is 51.7 Å². The second kappa shape index (κ2) is 13.0. The molecule has 2 aromatic carbocycles. The summed E-state index contributed by atoms with van der Waals surface area (Å²) < 4.78 is 5.81. The molecule has 0 aliphatic carbocycles. The van der Waals surface area contributed by atoms with E-state index in [0.717, 1.165) is 75.1 Å². The predicted molar refractivity (Wildman–Crippen MR) is 174 cm³/mol. The van der Waals surface area contributed by atoms with Gasteiger partial charge in [0.25, 0.3) is 0 Å². The van der Waals surface area contributed by atoms with Crippen molar-refractivity contribution in [1.29, 1.82) is 0 Å². The van der Waals surface area contributed by atoms with Gasteiger partial charge in [-0.25, -0.2) is 14.4 Å². The van der Waals surface area contributed by atoms with E-state index in [-0.39, 0.29) is 36.3 Å². The molecule has 4 aliphatic heterocycles. The van der Waals surface area contributed by atoms with Crippen molar-refractivity contribution in [3.05, 3.63) is 64.1 Å². The lowest BCUT2D eigenvalue weighted by molar-refractivity contribution is -0.887. The summed E-state index contributed by atoms with van der Waals surface area (Å²) in [7, 11) is 0. The van der Waals surface area contributed by atoms with Crippen LogP contribution in [-0.2, 0) is 22.6 Å². The Morgan fingerprint density at radius 3 is 2.50 bits per heavy atom. The standard InChI is InChI=1S/C35H44N6O5/c42-32(39-16-12-27(13-17-39)40-23-25-6-2-3-7-29(25)37-34(40)44)22-26(20-24-8-9-30-31(21-24)46-35(45)38-30)33(43)41(18-4-1-5-19-41)28-10-14-36-15-11-28/h2-3,6-9,21,26-28,36H,1,4-5,10-20,22-23H2,(H-,37,38,44,45)/p+1. The van der Waals surface area contributed by atoms with Gasteiger partial charge in [0, 0.05) is 63.7 Å². The Balaban J connectivity index is 1.08. The monoisotopic (exact) mass is 629 g/mol. The van der Waals surface area contributed by atoms with Gasteiger partial charge in [0.2, 0.25) is 5.91 Å². The first kappa shape index (κ1) is 30.7. The van der Waals surface area contributed by atoms with E-state index < -0.39 is 11.7 Å². The van der Waals surface area contributed by atoms with E-state index in [1.807, 2.05) is 52.3 Å². The van der Waals surface area contributed by atoms with Gasteiger partial charge in [-0.3, -0.25) is 14.3 Å². The number of likely N-dealkylation sites (tertiary alicyclic amines) is 2. The van der Waals surface area contributed by atoms with Gasteiger partial charge in [0.1, 0.15) is 0 Å². The number of urea groups is 1. The fraction of sp³-hybridized carbons (Fsp3) is 0.543. The number of piperidine rings is 3. The smallest absolute Gasteiger partial charge is 0.408 e. The number of amides is 4. The molecule has 11 heteroatoms. The molecule has 3 fully saturated rings. The third-order valence-corrected chi connectivity index (χ3v) is 10.9. The first-order chi connectivity index (χ1) is 22.4. The number of para-hydroxylation sites is 1. The molecule has 244 valence electrons. The van der Waals surface area contributed by atoms with Crippen LogP contribution in [0.1, 0.15) is 62.5 Å². The number of nitrogens with one attached hydrogen (secondary N) is 3. The van der Waals surface area contributed by atoms with Gasteiger partial charge in [0.15, 0.2) is 5.58 Å². The molecular weight excluding hydrogens is 584 g/mol. The summed E-state index contributed by atoms with van der Waals surface area (Å²) in [5.74, 6) is -0.798. The number of aromatic amines is 1. The number of carbonyl (C=O) groups excluding carboxylic acids is 3. The molecule has 1 atom stereocenters. The predicted octanol–water partition coefficient (Wildman–Crippen LogP) is 3.99. The highest BCUT2D eigenvalue weighted by Gasteiger charge is 2.48. The van der Waals surface area contributed by atoms with Crippen molar-refractivity contribution < 1.29 is 23.3 Å². The molecule has 7 rings (SSSR count). The molecule has 0 bridgehead atoms. The Bertz CT molecular complexity index is 1640. The van der Waals surface area contributed by atoms with Crippen LogP contribution in [0, 0.1) is 5.92 Å². The van der Waals surface area contributed by atoms with Crippen LogP contribution < -0.4 is 16.4 Å². The average molecular weight is 630 g/mol. The van der Waals surface area contributed by atoms with Crippen LogP contribution in [0.4, 0.5) is 10.5 Å². The molecule has 3 saturated heterocycles. The molecule has 4 aliphatic rings. The minimum atomic E-state index is -0.506. The van der Waals surface area contributed by atoms with Gasteiger partial charge in [-0.05, 0) is 67.9 Å². The number of quaternary nitrogens is 1. The zero-order chi connectivity index (χ0) is 31.7. The van der Waals surface area contributed by atoms with Crippen molar-refractivity contribution in [1.82, 2.24) is 20.1 Å². The molecule has 11 nitrogen and oxygen atoms in total. The van der Waals surface area contributed by atoms with Gasteiger partial charge < -0.3 is 24.9 Å². The fourth-order valence-electron chi connectivity index (χ4n) is 8.44. The first-order valence-electron chi connectivity index (χ1n) is 17.1. The average Bonchev–Trinajstić information content (AvgIpc) is 3.47. The van der Waals surface area contributed by atoms with Gasteiger partial charge in [-0.2, -0.15) is 0 Å². The number of hydrogen-bond acceptors (Lipinski definition) is 6. The molecule has 3 aromatic rings. The van der Waals surface area contributed by atoms with Gasteiger partial charge in [-0.15, -0.1) is 0 Å². The topological polar surface area (TPSA) is 128 Å². The second-order valence-corrected chi connectivity index (χ2v) is 13.6. The third kappa shape index (κ3) is 6.10. The highest BCUT2D eigenvalue weighted by molar-refractivity contribution is 5.92. The summed E-state index contributed by atoms with van der Waals surface area (Å²) in [5.41, 5.74) is 3.94. The zero-order valence-electron chi connectivity index (χ0n) is 26.5. The number of anilines is 1. The fourth-order valence-corrected chi connectivity index (χ4v) is 8.44. The lowest BCUT2D eigenvalue weighted by Gasteiger charge is -2.48. The summed E-state index contributed by atoms with van der Waals surface area (Å²) in [6.07, 6.45) is 7.12. The maximum Gasteiger partial charge on any atom is 0.417 e. The van der Waals surface area contributed by atoms with E-state index in [1.165, 1.54) is 0 Å². The molecule has 0 spiro atoms. The Morgan fingerprint density at radius 1 is 0.957 bits per heavy atom. The van der Waals surface area contributed by atoms with Gasteiger partial charge in [-0.1, -0.05) is 24.3 Å². The molecule has 46 heavy (non-hydrogen) atoms. The summed E-state index contributed by atoms with van der Waals surface area (Å²) in [5, 5.41) is 6.47. The Kier molecular flexibility index (Phi) is 8.70. The maximum absolute atomic E-state index is 14.9. The summed E-state index contributed by atoms with van der Waals surface area (Å²) in [4.78, 5) is 60.1. The number of oxazole rings is 1. The largest absolute Gasteiger partial charge is 0.417 e. The van der Waals surface area contributed by atoms with E-state index in [1.54, 1.807) is 0 Å². The number of aromatic nitrogens is 1. The van der Waals surface area contributed by atoms with Crippen LogP contribution in [0.3, 0.4) is 0 Å². The van der Waals surface area contributed by atoms with Crippen molar-refractivity contribution in [3.8, 4) is 0 Å². The minimum absolute atomic E-state index is 0.0000314. The molecule has 1 aromatic heterocycles. The highest BCUT2D eigenvalue weighted by Crippen LogP contribution is 2.34. The number of carbonyl (C=O) groups is 3. The van der Waals surface area contributed by atoms with Crippen LogP contribution in [-0.4, -0.2) is 88.5 Å².